The van der Waals surface area contributed by atoms with Crippen molar-refractivity contribution in [3.05, 3.63) is 23.8 Å². The number of nitrogens with zero attached hydrogens (tertiary/aromatic N) is 7. The number of piperazine rings is 1. The fourth-order valence-electron chi connectivity index (χ4n) is 3.79. The predicted molar refractivity (Wildman–Crippen MR) is 98.9 cm³/mol. The lowest BCUT2D eigenvalue weighted by molar-refractivity contribution is -0.120. The van der Waals surface area contributed by atoms with Crippen molar-refractivity contribution in [3.63, 3.8) is 0 Å². The highest BCUT2D eigenvalue weighted by molar-refractivity contribution is 6.14. The molecular weight excluding hydrogens is 330 g/mol. The van der Waals surface area contributed by atoms with Crippen molar-refractivity contribution in [3.8, 4) is 0 Å². The van der Waals surface area contributed by atoms with Gasteiger partial charge in [0.05, 0.1) is 17.3 Å². The first-order valence-corrected chi connectivity index (χ1v) is 9.28. The monoisotopic (exact) mass is 355 g/mol. The Bertz CT molecular complexity index is 752. The first kappa shape index (κ1) is 17.1. The summed E-state index contributed by atoms with van der Waals surface area (Å²) in [6.45, 7) is 7.18. The lowest BCUT2D eigenvalue weighted by atomic mass is 9.95. The minimum Gasteiger partial charge on any atom is -0.362 e. The Morgan fingerprint density at radius 1 is 1.08 bits per heavy atom. The van der Waals surface area contributed by atoms with Gasteiger partial charge in [-0.15, -0.1) is 0 Å². The Morgan fingerprint density at radius 2 is 1.85 bits per heavy atom. The van der Waals surface area contributed by atoms with E-state index in [9.17, 15) is 4.79 Å². The van der Waals surface area contributed by atoms with Gasteiger partial charge in [-0.3, -0.25) is 19.7 Å². The summed E-state index contributed by atoms with van der Waals surface area (Å²) < 4.78 is 0. The van der Waals surface area contributed by atoms with Crippen LogP contribution < -0.4 is 0 Å². The number of piperidine rings is 1. The average Bonchev–Trinajstić information content (AvgIpc) is 2.65. The van der Waals surface area contributed by atoms with Crippen molar-refractivity contribution < 1.29 is 4.79 Å². The van der Waals surface area contributed by atoms with Gasteiger partial charge in [-0.1, -0.05) is 0 Å². The molecular formula is C18H25N7O. The Kier molecular flexibility index (Phi) is 4.67. The number of fused-ring (bicyclic) bond motifs is 1. The van der Waals surface area contributed by atoms with Crippen LogP contribution in [0.3, 0.4) is 0 Å². The molecule has 0 aliphatic carbocycles. The van der Waals surface area contributed by atoms with Crippen LogP contribution in [-0.2, 0) is 11.3 Å². The summed E-state index contributed by atoms with van der Waals surface area (Å²) in [4.78, 5) is 36.8. The van der Waals surface area contributed by atoms with E-state index in [1.54, 1.807) is 12.4 Å². The van der Waals surface area contributed by atoms with Crippen molar-refractivity contribution >= 4 is 17.7 Å². The fraction of sp³-hybridized carbons (Fsp3) is 0.611. The quantitative estimate of drug-likeness (QED) is 0.771. The number of aryl methyl sites for hydroxylation is 1. The SMILES string of the molecule is Cc1nccnc1CN1CCN(C2=NC(=O)C3CCCN(C)C3=N2)CC1. The summed E-state index contributed by atoms with van der Waals surface area (Å²) in [5, 5.41) is 0. The van der Waals surface area contributed by atoms with Crippen LogP contribution in [0.1, 0.15) is 24.2 Å². The Morgan fingerprint density at radius 3 is 2.62 bits per heavy atom. The highest BCUT2D eigenvalue weighted by Gasteiger charge is 2.35. The molecule has 1 aromatic rings. The summed E-state index contributed by atoms with van der Waals surface area (Å²) in [5.74, 6) is 1.31. The number of likely N-dealkylation sites (tertiary alicyclic amines) is 1. The molecule has 4 heterocycles. The highest BCUT2D eigenvalue weighted by Crippen LogP contribution is 2.23. The van der Waals surface area contributed by atoms with Gasteiger partial charge in [0.1, 0.15) is 5.84 Å². The smallest absolute Gasteiger partial charge is 0.259 e. The molecule has 0 saturated carbocycles. The predicted octanol–water partition coefficient (Wildman–Crippen LogP) is 0.539. The first-order chi connectivity index (χ1) is 12.6. The first-order valence-electron chi connectivity index (χ1n) is 9.28. The minimum absolute atomic E-state index is 0.0332. The van der Waals surface area contributed by atoms with E-state index in [1.165, 1.54) is 0 Å². The lowest BCUT2D eigenvalue weighted by Crippen LogP contribution is -2.51. The molecule has 8 nitrogen and oxygen atoms in total. The normalized spacial score (nSPS) is 24.2. The number of carbonyl (C=O) groups excluding carboxylic acids is 1. The van der Waals surface area contributed by atoms with Gasteiger partial charge in [-0.25, -0.2) is 0 Å². The molecule has 2 fully saturated rings. The van der Waals surface area contributed by atoms with Crippen LogP contribution >= 0.6 is 0 Å². The zero-order valence-corrected chi connectivity index (χ0v) is 15.4. The van der Waals surface area contributed by atoms with Crippen LogP contribution in [0.2, 0.25) is 0 Å². The van der Waals surface area contributed by atoms with Gasteiger partial charge in [0.25, 0.3) is 5.91 Å². The fourth-order valence-corrected chi connectivity index (χ4v) is 3.79. The van der Waals surface area contributed by atoms with Crippen LogP contribution in [0.25, 0.3) is 0 Å². The van der Waals surface area contributed by atoms with E-state index in [0.29, 0.717) is 5.96 Å². The molecule has 4 rings (SSSR count). The Hall–Kier alpha value is -2.35. The van der Waals surface area contributed by atoms with Crippen molar-refractivity contribution in [2.75, 3.05) is 39.8 Å². The highest BCUT2D eigenvalue weighted by atomic mass is 16.1. The standard InChI is InChI=1S/C18H25N7O/c1-13-15(20-6-5-19-13)12-24-8-10-25(11-9-24)18-21-16-14(17(26)22-18)4-3-7-23(16)2/h5-6,14H,3-4,7-12H2,1-2H3. The second-order valence-electron chi connectivity index (χ2n) is 7.19. The molecule has 1 aromatic heterocycles. The Labute approximate surface area is 153 Å². The van der Waals surface area contributed by atoms with Crippen LogP contribution in [-0.4, -0.2) is 82.1 Å². The van der Waals surface area contributed by atoms with E-state index in [2.05, 4.69) is 29.7 Å². The lowest BCUT2D eigenvalue weighted by Gasteiger charge is -2.38. The number of aliphatic imine (C=N–C) groups is 2. The maximum absolute atomic E-state index is 12.4. The average molecular weight is 355 g/mol. The number of amidine groups is 1. The summed E-state index contributed by atoms with van der Waals surface area (Å²) >= 11 is 0. The third-order valence-corrected chi connectivity index (χ3v) is 5.42. The van der Waals surface area contributed by atoms with E-state index < -0.39 is 0 Å². The molecule has 0 spiro atoms. The van der Waals surface area contributed by atoms with E-state index in [1.807, 2.05) is 14.0 Å². The van der Waals surface area contributed by atoms with E-state index >= 15 is 0 Å². The zero-order valence-electron chi connectivity index (χ0n) is 15.4. The van der Waals surface area contributed by atoms with Crippen LogP contribution in [0.5, 0.6) is 0 Å². The molecule has 1 unspecified atom stereocenters. The van der Waals surface area contributed by atoms with Crippen LogP contribution in [0.4, 0.5) is 0 Å². The molecule has 26 heavy (non-hydrogen) atoms. The molecule has 0 N–H and O–H groups in total. The van der Waals surface area contributed by atoms with Gasteiger partial charge in [0, 0.05) is 58.7 Å². The van der Waals surface area contributed by atoms with E-state index in [-0.39, 0.29) is 11.8 Å². The van der Waals surface area contributed by atoms with Crippen LogP contribution in [0.15, 0.2) is 22.4 Å². The van der Waals surface area contributed by atoms with Crippen LogP contribution in [0, 0.1) is 12.8 Å². The van der Waals surface area contributed by atoms with Crippen molar-refractivity contribution in [1.82, 2.24) is 24.7 Å². The topological polar surface area (TPSA) is 77.3 Å². The van der Waals surface area contributed by atoms with Gasteiger partial charge < -0.3 is 9.80 Å². The number of rotatable bonds is 2. The number of aromatic nitrogens is 2. The molecule has 0 bridgehead atoms. The molecule has 1 amide bonds. The molecule has 1 atom stereocenters. The number of guanidine groups is 1. The van der Waals surface area contributed by atoms with Gasteiger partial charge in [0.2, 0.25) is 5.96 Å². The summed E-state index contributed by atoms with van der Waals surface area (Å²) in [7, 11) is 2.02. The summed E-state index contributed by atoms with van der Waals surface area (Å²) in [5.41, 5.74) is 2.01. The number of amides is 1. The van der Waals surface area contributed by atoms with Crippen molar-refractivity contribution in [1.29, 1.82) is 0 Å². The number of hydrogen-bond acceptors (Lipinski definition) is 7. The summed E-state index contributed by atoms with van der Waals surface area (Å²) in [6, 6.07) is 0. The maximum Gasteiger partial charge on any atom is 0.259 e. The third-order valence-electron chi connectivity index (χ3n) is 5.42. The third kappa shape index (κ3) is 3.33. The molecule has 0 aromatic carbocycles. The van der Waals surface area contributed by atoms with E-state index in [4.69, 9.17) is 4.99 Å². The van der Waals surface area contributed by atoms with Gasteiger partial charge in [0.15, 0.2) is 0 Å². The van der Waals surface area contributed by atoms with Gasteiger partial charge >= 0.3 is 0 Å². The maximum atomic E-state index is 12.4. The van der Waals surface area contributed by atoms with Gasteiger partial charge in [-0.05, 0) is 19.8 Å². The zero-order chi connectivity index (χ0) is 18.1. The molecule has 3 aliphatic heterocycles. The number of hydrogen-bond donors (Lipinski definition) is 0. The second-order valence-corrected chi connectivity index (χ2v) is 7.19. The minimum atomic E-state index is -0.140. The molecule has 0 radical (unpaired) electrons. The van der Waals surface area contributed by atoms with E-state index in [0.717, 1.165) is 69.3 Å². The summed E-state index contributed by atoms with van der Waals surface area (Å²) in [6.07, 6.45) is 5.36. The molecule has 2 saturated heterocycles. The molecule has 138 valence electrons. The second kappa shape index (κ2) is 7.11. The largest absolute Gasteiger partial charge is 0.362 e. The van der Waals surface area contributed by atoms with Crippen molar-refractivity contribution in [2.24, 2.45) is 15.9 Å². The van der Waals surface area contributed by atoms with Crippen molar-refractivity contribution in [2.45, 2.75) is 26.3 Å². The molecule has 8 heteroatoms. The van der Waals surface area contributed by atoms with Gasteiger partial charge in [-0.2, -0.15) is 9.98 Å². The Balaban J connectivity index is 1.40. The molecule has 3 aliphatic rings. The number of carbonyl (C=O) groups is 1.